The molecule has 0 amide bonds. The molecule has 0 radical (unpaired) electrons. The molecule has 1 aromatic heterocycles. The van der Waals surface area contributed by atoms with Crippen LogP contribution in [-0.4, -0.2) is 27.4 Å². The first kappa shape index (κ1) is 16.5. The third-order valence-corrected chi connectivity index (χ3v) is 4.83. The third-order valence-electron chi connectivity index (χ3n) is 4.83. The van der Waals surface area contributed by atoms with Crippen LogP contribution in [0.25, 0.3) is 0 Å². The highest BCUT2D eigenvalue weighted by molar-refractivity contribution is 4.94. The molecule has 21 heavy (non-hydrogen) atoms. The number of nitrogens with zero attached hydrogens (tertiary/aromatic N) is 3. The molecule has 0 bridgehead atoms. The van der Waals surface area contributed by atoms with Gasteiger partial charge in [-0.05, 0) is 37.1 Å². The van der Waals surface area contributed by atoms with Crippen molar-refractivity contribution in [3.05, 3.63) is 12.2 Å². The van der Waals surface area contributed by atoms with Crippen LogP contribution in [-0.2, 0) is 13.0 Å². The highest BCUT2D eigenvalue weighted by Gasteiger charge is 2.30. The van der Waals surface area contributed by atoms with Crippen molar-refractivity contribution in [3.8, 4) is 0 Å². The largest absolute Gasteiger partial charge is 0.314 e. The van der Waals surface area contributed by atoms with Crippen molar-refractivity contribution in [1.82, 2.24) is 20.1 Å². The van der Waals surface area contributed by atoms with Gasteiger partial charge in [0, 0.05) is 19.0 Å². The Hall–Kier alpha value is -0.900. The zero-order valence-electron chi connectivity index (χ0n) is 14.2. The first-order valence-electron chi connectivity index (χ1n) is 8.74. The summed E-state index contributed by atoms with van der Waals surface area (Å²) in [6, 6.07) is 0.557. The lowest BCUT2D eigenvalue weighted by atomic mass is 9.93. The van der Waals surface area contributed by atoms with Gasteiger partial charge >= 0.3 is 0 Å². The predicted molar refractivity (Wildman–Crippen MR) is 87.2 cm³/mol. The summed E-state index contributed by atoms with van der Waals surface area (Å²) in [5.74, 6) is 3.50. The van der Waals surface area contributed by atoms with Gasteiger partial charge in [0.25, 0.3) is 0 Å². The minimum atomic E-state index is 0.557. The van der Waals surface area contributed by atoms with E-state index in [1.165, 1.54) is 25.7 Å². The monoisotopic (exact) mass is 292 g/mol. The van der Waals surface area contributed by atoms with Crippen molar-refractivity contribution >= 4 is 0 Å². The average Bonchev–Trinajstić information content (AvgIpc) is 3.07. The summed E-state index contributed by atoms with van der Waals surface area (Å²) in [7, 11) is 0. The van der Waals surface area contributed by atoms with E-state index in [1.54, 1.807) is 6.33 Å². The second kappa shape index (κ2) is 7.92. The average molecular weight is 292 g/mol. The molecule has 2 rings (SSSR count). The summed E-state index contributed by atoms with van der Waals surface area (Å²) in [5, 5.41) is 8.11. The third kappa shape index (κ3) is 4.53. The van der Waals surface area contributed by atoms with E-state index in [1.807, 2.05) is 0 Å². The SMILES string of the molecule is CCNC(Cc1ncnn1CC(C)C)C1CCC(CC)C1. The maximum Gasteiger partial charge on any atom is 0.138 e. The van der Waals surface area contributed by atoms with Gasteiger partial charge in [-0.15, -0.1) is 0 Å². The first-order valence-corrected chi connectivity index (χ1v) is 8.74. The molecule has 4 nitrogen and oxygen atoms in total. The highest BCUT2D eigenvalue weighted by Crippen LogP contribution is 2.35. The Morgan fingerprint density at radius 1 is 1.33 bits per heavy atom. The molecule has 1 aliphatic rings. The molecule has 1 aromatic rings. The van der Waals surface area contributed by atoms with E-state index >= 15 is 0 Å². The molecule has 120 valence electrons. The van der Waals surface area contributed by atoms with Gasteiger partial charge in [0.1, 0.15) is 12.2 Å². The van der Waals surface area contributed by atoms with Gasteiger partial charge < -0.3 is 5.32 Å². The number of hydrogen-bond donors (Lipinski definition) is 1. The minimum absolute atomic E-state index is 0.557. The molecule has 0 spiro atoms. The Morgan fingerprint density at radius 3 is 2.76 bits per heavy atom. The molecule has 4 heteroatoms. The van der Waals surface area contributed by atoms with Gasteiger partial charge in [0.2, 0.25) is 0 Å². The van der Waals surface area contributed by atoms with E-state index in [-0.39, 0.29) is 0 Å². The van der Waals surface area contributed by atoms with Crippen molar-refractivity contribution in [2.75, 3.05) is 6.54 Å². The van der Waals surface area contributed by atoms with Gasteiger partial charge in [-0.2, -0.15) is 5.10 Å². The summed E-state index contributed by atoms with van der Waals surface area (Å²) in [5.41, 5.74) is 0. The summed E-state index contributed by atoms with van der Waals surface area (Å²) in [4.78, 5) is 4.51. The fourth-order valence-corrected chi connectivity index (χ4v) is 3.66. The molecular formula is C17H32N4. The topological polar surface area (TPSA) is 42.7 Å². The lowest BCUT2D eigenvalue weighted by Crippen LogP contribution is -2.38. The van der Waals surface area contributed by atoms with Crippen LogP contribution >= 0.6 is 0 Å². The van der Waals surface area contributed by atoms with Crippen LogP contribution in [0.2, 0.25) is 0 Å². The van der Waals surface area contributed by atoms with Crippen LogP contribution in [0.1, 0.15) is 59.2 Å². The number of nitrogens with one attached hydrogen (secondary N) is 1. The van der Waals surface area contributed by atoms with Gasteiger partial charge in [0.15, 0.2) is 0 Å². The number of likely N-dealkylation sites (N-methyl/N-ethyl adjacent to an activating group) is 1. The van der Waals surface area contributed by atoms with Crippen LogP contribution < -0.4 is 5.32 Å². The van der Waals surface area contributed by atoms with Crippen molar-refractivity contribution in [3.63, 3.8) is 0 Å². The van der Waals surface area contributed by atoms with Crippen LogP contribution in [0.3, 0.4) is 0 Å². The molecule has 3 unspecified atom stereocenters. The Balaban J connectivity index is 2.01. The molecular weight excluding hydrogens is 260 g/mol. The molecule has 1 heterocycles. The predicted octanol–water partition coefficient (Wildman–Crippen LogP) is 3.28. The Labute approximate surface area is 129 Å². The standard InChI is InChI=1S/C17H32N4/c1-5-14-7-8-15(9-14)16(18-6-2)10-17-19-12-20-21(17)11-13(3)4/h12-16,18H,5-11H2,1-4H3. The zero-order chi connectivity index (χ0) is 15.2. The fraction of sp³-hybridized carbons (Fsp3) is 0.882. The smallest absolute Gasteiger partial charge is 0.138 e. The second-order valence-electron chi connectivity index (χ2n) is 6.97. The molecule has 1 aliphatic carbocycles. The number of rotatable bonds is 8. The highest BCUT2D eigenvalue weighted by atomic mass is 15.3. The van der Waals surface area contributed by atoms with Crippen molar-refractivity contribution in [1.29, 1.82) is 0 Å². The molecule has 1 N–H and O–H groups in total. The Bertz CT molecular complexity index is 413. The maximum absolute atomic E-state index is 4.51. The molecule has 0 aromatic carbocycles. The summed E-state index contributed by atoms with van der Waals surface area (Å²) in [6.45, 7) is 11.0. The maximum atomic E-state index is 4.51. The Kier molecular flexibility index (Phi) is 6.22. The summed E-state index contributed by atoms with van der Waals surface area (Å²) in [6.07, 6.45) is 8.22. The van der Waals surface area contributed by atoms with Gasteiger partial charge in [0.05, 0.1) is 0 Å². The van der Waals surface area contributed by atoms with Gasteiger partial charge in [-0.1, -0.05) is 40.5 Å². The molecule has 3 atom stereocenters. The van der Waals surface area contributed by atoms with E-state index in [0.29, 0.717) is 12.0 Å². The summed E-state index contributed by atoms with van der Waals surface area (Å²) >= 11 is 0. The van der Waals surface area contributed by atoms with Crippen molar-refractivity contribution in [2.45, 2.75) is 72.4 Å². The second-order valence-corrected chi connectivity index (χ2v) is 6.97. The summed E-state index contributed by atoms with van der Waals surface area (Å²) < 4.78 is 2.10. The van der Waals surface area contributed by atoms with Gasteiger partial charge in [-0.25, -0.2) is 9.67 Å². The lowest BCUT2D eigenvalue weighted by Gasteiger charge is -2.24. The lowest BCUT2D eigenvalue weighted by molar-refractivity contribution is 0.336. The van der Waals surface area contributed by atoms with Crippen LogP contribution in [0.4, 0.5) is 0 Å². The zero-order valence-corrected chi connectivity index (χ0v) is 14.2. The van der Waals surface area contributed by atoms with Crippen molar-refractivity contribution < 1.29 is 0 Å². The van der Waals surface area contributed by atoms with E-state index < -0.39 is 0 Å². The fourth-order valence-electron chi connectivity index (χ4n) is 3.66. The minimum Gasteiger partial charge on any atom is -0.314 e. The molecule has 0 aliphatic heterocycles. The van der Waals surface area contributed by atoms with Crippen molar-refractivity contribution in [2.24, 2.45) is 17.8 Å². The normalized spacial score (nSPS) is 23.9. The van der Waals surface area contributed by atoms with E-state index in [4.69, 9.17) is 0 Å². The van der Waals surface area contributed by atoms with Crippen LogP contribution in [0.15, 0.2) is 6.33 Å². The van der Waals surface area contributed by atoms with E-state index in [2.05, 4.69) is 47.8 Å². The Morgan fingerprint density at radius 2 is 2.14 bits per heavy atom. The quantitative estimate of drug-likeness (QED) is 0.799. The first-order chi connectivity index (χ1) is 10.1. The molecule has 1 fully saturated rings. The van der Waals surface area contributed by atoms with E-state index in [9.17, 15) is 0 Å². The van der Waals surface area contributed by atoms with Gasteiger partial charge in [-0.3, -0.25) is 0 Å². The number of aromatic nitrogens is 3. The van der Waals surface area contributed by atoms with Crippen LogP contribution in [0, 0.1) is 17.8 Å². The number of hydrogen-bond acceptors (Lipinski definition) is 3. The molecule has 1 saturated carbocycles. The van der Waals surface area contributed by atoms with Crippen LogP contribution in [0.5, 0.6) is 0 Å². The van der Waals surface area contributed by atoms with E-state index in [0.717, 1.165) is 37.2 Å². The molecule has 0 saturated heterocycles.